The lowest BCUT2D eigenvalue weighted by molar-refractivity contribution is 0.409. The molecule has 0 aliphatic carbocycles. The molecule has 0 fully saturated rings. The Morgan fingerprint density at radius 2 is 1.76 bits per heavy atom. The largest absolute Gasteiger partial charge is 0.349 e. The van der Waals surface area contributed by atoms with Crippen LogP contribution in [0.2, 0.25) is 0 Å². The second-order valence-corrected chi connectivity index (χ2v) is 9.10. The first kappa shape index (κ1) is 23.7. The molecule has 0 radical (unpaired) electrons. The van der Waals surface area contributed by atoms with Crippen LogP contribution in [0.15, 0.2) is 30.3 Å². The summed E-state index contributed by atoms with van der Waals surface area (Å²) in [6, 6.07) is 6.01. The van der Waals surface area contributed by atoms with E-state index in [9.17, 15) is 21.6 Å². The zero-order valence-corrected chi connectivity index (χ0v) is 18.7. The number of nitrogens with zero attached hydrogens (tertiary/aromatic N) is 1. The van der Waals surface area contributed by atoms with Gasteiger partial charge in [0.15, 0.2) is 11.6 Å². The van der Waals surface area contributed by atoms with Crippen LogP contribution in [-0.4, -0.2) is 32.4 Å². The van der Waals surface area contributed by atoms with E-state index >= 15 is 0 Å². The van der Waals surface area contributed by atoms with Crippen LogP contribution >= 0.6 is 22.6 Å². The van der Waals surface area contributed by atoms with Crippen molar-refractivity contribution in [2.24, 2.45) is 5.73 Å². The molecule has 0 aliphatic heterocycles. The minimum absolute atomic E-state index is 0.121. The Morgan fingerprint density at radius 1 is 1.07 bits per heavy atom. The lowest BCUT2D eigenvalue weighted by atomic mass is 10.2. The lowest BCUT2D eigenvalue weighted by Gasteiger charge is -2.23. The molecule has 0 atom stereocenters. The maximum atomic E-state index is 14.5. The van der Waals surface area contributed by atoms with Gasteiger partial charge in [-0.25, -0.2) is 13.2 Å². The van der Waals surface area contributed by atoms with Crippen molar-refractivity contribution >= 4 is 49.9 Å². The van der Waals surface area contributed by atoms with Crippen LogP contribution in [0.1, 0.15) is 19.8 Å². The third-order valence-electron chi connectivity index (χ3n) is 3.95. The number of rotatable bonds is 10. The van der Waals surface area contributed by atoms with Crippen LogP contribution in [0, 0.1) is 21.0 Å². The van der Waals surface area contributed by atoms with Crippen molar-refractivity contribution in [1.82, 2.24) is 4.31 Å². The molecule has 2 aromatic rings. The highest BCUT2D eigenvalue weighted by Crippen LogP contribution is 2.32. The molecule has 0 spiro atoms. The molecule has 0 saturated heterocycles. The van der Waals surface area contributed by atoms with Crippen LogP contribution in [-0.2, 0) is 10.2 Å². The van der Waals surface area contributed by atoms with Gasteiger partial charge in [-0.2, -0.15) is 12.7 Å². The van der Waals surface area contributed by atoms with Crippen molar-refractivity contribution in [1.29, 1.82) is 0 Å². The van der Waals surface area contributed by atoms with Crippen LogP contribution < -0.4 is 15.8 Å². The van der Waals surface area contributed by atoms with Crippen LogP contribution in [0.3, 0.4) is 0 Å². The predicted octanol–water partition coefficient (Wildman–Crippen LogP) is 4.17. The average molecular weight is 542 g/mol. The Kier molecular flexibility index (Phi) is 8.55. The first-order valence-electron chi connectivity index (χ1n) is 8.87. The van der Waals surface area contributed by atoms with Crippen molar-refractivity contribution in [3.63, 3.8) is 0 Å². The summed E-state index contributed by atoms with van der Waals surface area (Å²) in [4.78, 5) is 0. The van der Waals surface area contributed by atoms with Crippen LogP contribution in [0.4, 0.5) is 30.2 Å². The smallest absolute Gasteiger partial charge is 0.301 e. The van der Waals surface area contributed by atoms with Crippen molar-refractivity contribution in [3.8, 4) is 0 Å². The van der Waals surface area contributed by atoms with E-state index in [2.05, 4.69) is 10.0 Å². The minimum atomic E-state index is -4.07. The number of anilines is 3. The third-order valence-corrected chi connectivity index (χ3v) is 6.14. The van der Waals surface area contributed by atoms with E-state index in [0.717, 1.165) is 12.1 Å². The van der Waals surface area contributed by atoms with Gasteiger partial charge in [0, 0.05) is 16.7 Å². The highest BCUT2D eigenvalue weighted by atomic mass is 127. The molecule has 0 bridgehead atoms. The highest BCUT2D eigenvalue weighted by Gasteiger charge is 2.24. The summed E-state index contributed by atoms with van der Waals surface area (Å²) < 4.78 is 72.0. The number of benzene rings is 2. The summed E-state index contributed by atoms with van der Waals surface area (Å²) in [5.41, 5.74) is 4.59. The molecule has 11 heteroatoms. The van der Waals surface area contributed by atoms with E-state index in [4.69, 9.17) is 5.73 Å². The molecule has 0 saturated carbocycles. The number of hydrogen-bond donors (Lipinski definition) is 3. The summed E-state index contributed by atoms with van der Waals surface area (Å²) in [7, 11) is -4.07. The average Bonchev–Trinajstić information content (AvgIpc) is 2.66. The molecule has 4 N–H and O–H groups in total. The molecule has 0 amide bonds. The molecule has 0 unspecified atom stereocenters. The standard InChI is InChI=1S/C18H22F3IN4O2S/c1-2-9-26(10-3-8-23)29(27,28)25-16-7-5-13(19)17(21)18(16)24-15-6-4-12(22)11-14(15)20/h4-7,11,24-25H,2-3,8-10,23H2,1H3. The number of nitrogens with one attached hydrogen (secondary N) is 2. The van der Waals surface area contributed by atoms with E-state index in [0.29, 0.717) is 23.0 Å². The van der Waals surface area contributed by atoms with E-state index in [1.54, 1.807) is 6.07 Å². The fraction of sp³-hybridized carbons (Fsp3) is 0.333. The fourth-order valence-corrected chi connectivity index (χ4v) is 4.38. The first-order chi connectivity index (χ1) is 13.7. The Balaban J connectivity index is 2.41. The summed E-state index contributed by atoms with van der Waals surface area (Å²) in [5, 5.41) is 2.46. The Labute approximate surface area is 182 Å². The van der Waals surface area contributed by atoms with Crippen molar-refractivity contribution < 1.29 is 21.6 Å². The Morgan fingerprint density at radius 3 is 2.38 bits per heavy atom. The van der Waals surface area contributed by atoms with E-state index < -0.39 is 33.3 Å². The zero-order chi connectivity index (χ0) is 21.6. The van der Waals surface area contributed by atoms with E-state index in [1.807, 2.05) is 29.5 Å². The summed E-state index contributed by atoms with van der Waals surface area (Å²) in [5.74, 6) is -3.22. The minimum Gasteiger partial charge on any atom is -0.349 e. The second-order valence-electron chi connectivity index (χ2n) is 6.18. The van der Waals surface area contributed by atoms with Crippen molar-refractivity contribution in [3.05, 3.63) is 51.4 Å². The molecule has 160 valence electrons. The van der Waals surface area contributed by atoms with Gasteiger partial charge >= 0.3 is 10.2 Å². The van der Waals surface area contributed by atoms with Gasteiger partial charge in [0.05, 0.1) is 11.4 Å². The number of hydrogen-bond acceptors (Lipinski definition) is 4. The molecule has 0 heterocycles. The van der Waals surface area contributed by atoms with Crippen LogP contribution in [0.25, 0.3) is 0 Å². The quantitative estimate of drug-likeness (QED) is 0.394. The number of nitrogens with two attached hydrogens (primary N) is 1. The normalized spacial score (nSPS) is 11.7. The Bertz CT molecular complexity index is 960. The SMILES string of the molecule is CCCN(CCCN)S(=O)(=O)Nc1ccc(F)c(F)c1Nc1ccc(I)cc1F. The fourth-order valence-electron chi connectivity index (χ4n) is 2.56. The maximum absolute atomic E-state index is 14.5. The predicted molar refractivity (Wildman–Crippen MR) is 117 cm³/mol. The van der Waals surface area contributed by atoms with Gasteiger partial charge in [0.25, 0.3) is 0 Å². The topological polar surface area (TPSA) is 87.5 Å². The maximum Gasteiger partial charge on any atom is 0.301 e. The van der Waals surface area contributed by atoms with Gasteiger partial charge < -0.3 is 11.1 Å². The molecule has 0 aliphatic rings. The lowest BCUT2D eigenvalue weighted by Crippen LogP contribution is -2.38. The molecular weight excluding hydrogens is 520 g/mol. The van der Waals surface area contributed by atoms with E-state index in [1.165, 1.54) is 16.4 Å². The van der Waals surface area contributed by atoms with Gasteiger partial charge in [-0.15, -0.1) is 0 Å². The summed E-state index contributed by atoms with van der Waals surface area (Å²) >= 11 is 1.91. The van der Waals surface area contributed by atoms with Crippen LogP contribution in [0.5, 0.6) is 0 Å². The molecule has 2 aromatic carbocycles. The monoisotopic (exact) mass is 542 g/mol. The molecule has 0 aromatic heterocycles. The Hall–Kier alpha value is -1.57. The van der Waals surface area contributed by atoms with E-state index in [-0.39, 0.29) is 24.5 Å². The van der Waals surface area contributed by atoms with Crippen molar-refractivity contribution in [2.45, 2.75) is 19.8 Å². The van der Waals surface area contributed by atoms with Gasteiger partial charge in [-0.3, -0.25) is 4.72 Å². The molecule has 2 rings (SSSR count). The zero-order valence-electron chi connectivity index (χ0n) is 15.7. The van der Waals surface area contributed by atoms with Crippen molar-refractivity contribution in [2.75, 3.05) is 29.7 Å². The molecule has 29 heavy (non-hydrogen) atoms. The van der Waals surface area contributed by atoms with Gasteiger partial charge in [-0.05, 0) is 72.3 Å². The van der Waals surface area contributed by atoms with Gasteiger partial charge in [0.1, 0.15) is 11.5 Å². The second kappa shape index (κ2) is 10.5. The molecular formula is C18H22F3IN4O2S. The third kappa shape index (κ3) is 6.20. The number of halogens is 4. The first-order valence-corrected chi connectivity index (χ1v) is 11.4. The molecule has 6 nitrogen and oxygen atoms in total. The summed E-state index contributed by atoms with van der Waals surface area (Å²) in [6.45, 7) is 2.53. The summed E-state index contributed by atoms with van der Waals surface area (Å²) in [6.07, 6.45) is 1.000. The van der Waals surface area contributed by atoms with Gasteiger partial charge in [-0.1, -0.05) is 6.92 Å². The van der Waals surface area contributed by atoms with Gasteiger partial charge in [0.2, 0.25) is 0 Å². The highest BCUT2D eigenvalue weighted by molar-refractivity contribution is 14.1.